The molecule has 6 nitrogen and oxygen atoms in total. The van der Waals surface area contributed by atoms with Crippen molar-refractivity contribution in [1.29, 1.82) is 0 Å². The summed E-state index contributed by atoms with van der Waals surface area (Å²) < 4.78 is 10.4. The van der Waals surface area contributed by atoms with Gasteiger partial charge in [0.05, 0.1) is 14.2 Å². The topological polar surface area (TPSA) is 67.9 Å². The number of methoxy groups -OCH3 is 2. The second kappa shape index (κ2) is 9.83. The van der Waals surface area contributed by atoms with Gasteiger partial charge >= 0.3 is 0 Å². The number of hydrogen-bond acceptors (Lipinski definition) is 4. The molecule has 0 bridgehead atoms. The molecule has 1 N–H and O–H groups in total. The van der Waals surface area contributed by atoms with Crippen LogP contribution in [0.15, 0.2) is 42.5 Å². The number of ether oxygens (including phenoxy) is 2. The first kappa shape index (κ1) is 20.6. The standard InChI is InChI=1S/C20H23ClN2O4/c1-14(24)23(13-15-4-6-16(21)7-5-15)11-10-20(25)22-17-8-9-18(26-2)19(12-17)27-3/h4-9,12H,10-11,13H2,1-3H3,(H,22,25). The van der Waals surface area contributed by atoms with Crippen molar-refractivity contribution in [1.82, 2.24) is 4.90 Å². The number of halogens is 1. The van der Waals surface area contributed by atoms with E-state index in [1.54, 1.807) is 42.3 Å². The Bertz CT molecular complexity index is 793. The molecule has 0 aliphatic carbocycles. The van der Waals surface area contributed by atoms with Crippen molar-refractivity contribution in [2.24, 2.45) is 0 Å². The highest BCUT2D eigenvalue weighted by Gasteiger charge is 2.13. The molecular weight excluding hydrogens is 368 g/mol. The minimum Gasteiger partial charge on any atom is -0.493 e. The summed E-state index contributed by atoms with van der Waals surface area (Å²) in [6, 6.07) is 12.4. The fraction of sp³-hybridized carbons (Fsp3) is 0.300. The summed E-state index contributed by atoms with van der Waals surface area (Å²) in [5.41, 5.74) is 1.56. The van der Waals surface area contributed by atoms with Crippen LogP contribution in [-0.4, -0.2) is 37.5 Å². The monoisotopic (exact) mass is 390 g/mol. The molecule has 0 aliphatic rings. The molecular formula is C20H23ClN2O4. The third kappa shape index (κ3) is 6.18. The third-order valence-electron chi connectivity index (χ3n) is 4.01. The summed E-state index contributed by atoms with van der Waals surface area (Å²) in [6.07, 6.45) is 0.182. The summed E-state index contributed by atoms with van der Waals surface area (Å²) in [5.74, 6) is 0.832. The summed E-state index contributed by atoms with van der Waals surface area (Å²) in [6.45, 7) is 2.23. The Labute approximate surface area is 164 Å². The van der Waals surface area contributed by atoms with Gasteiger partial charge in [-0.1, -0.05) is 23.7 Å². The lowest BCUT2D eigenvalue weighted by Crippen LogP contribution is -2.31. The zero-order valence-corrected chi connectivity index (χ0v) is 16.4. The highest BCUT2D eigenvalue weighted by Crippen LogP contribution is 2.29. The van der Waals surface area contributed by atoms with Crippen LogP contribution in [-0.2, 0) is 16.1 Å². The number of carbonyl (C=O) groups excluding carboxylic acids is 2. The van der Waals surface area contributed by atoms with Crippen LogP contribution in [0.1, 0.15) is 18.9 Å². The lowest BCUT2D eigenvalue weighted by atomic mass is 10.2. The second-order valence-corrected chi connectivity index (χ2v) is 6.37. The highest BCUT2D eigenvalue weighted by atomic mass is 35.5. The van der Waals surface area contributed by atoms with E-state index < -0.39 is 0 Å². The maximum Gasteiger partial charge on any atom is 0.226 e. The summed E-state index contributed by atoms with van der Waals surface area (Å²) in [7, 11) is 3.08. The smallest absolute Gasteiger partial charge is 0.226 e. The molecule has 2 rings (SSSR count). The van der Waals surface area contributed by atoms with E-state index in [1.807, 2.05) is 12.1 Å². The van der Waals surface area contributed by atoms with Crippen LogP contribution in [0.5, 0.6) is 11.5 Å². The third-order valence-corrected chi connectivity index (χ3v) is 4.26. The molecule has 0 atom stereocenters. The Morgan fingerprint density at radius 1 is 1.04 bits per heavy atom. The second-order valence-electron chi connectivity index (χ2n) is 5.93. The number of nitrogens with one attached hydrogen (secondary N) is 1. The van der Waals surface area contributed by atoms with Gasteiger partial charge in [0.25, 0.3) is 0 Å². The van der Waals surface area contributed by atoms with Crippen molar-refractivity contribution in [3.63, 3.8) is 0 Å². The zero-order valence-electron chi connectivity index (χ0n) is 15.6. The Kier molecular flexibility index (Phi) is 7.49. The van der Waals surface area contributed by atoms with Crippen molar-refractivity contribution in [3.8, 4) is 11.5 Å². The van der Waals surface area contributed by atoms with E-state index in [1.165, 1.54) is 14.0 Å². The van der Waals surface area contributed by atoms with Crippen molar-refractivity contribution in [2.75, 3.05) is 26.1 Å². The number of anilines is 1. The van der Waals surface area contributed by atoms with Crippen molar-refractivity contribution in [2.45, 2.75) is 19.9 Å². The molecule has 27 heavy (non-hydrogen) atoms. The van der Waals surface area contributed by atoms with Gasteiger partial charge in [-0.15, -0.1) is 0 Å². The van der Waals surface area contributed by atoms with Crippen LogP contribution in [0, 0.1) is 0 Å². The van der Waals surface area contributed by atoms with Crippen LogP contribution in [0.25, 0.3) is 0 Å². The van der Waals surface area contributed by atoms with E-state index in [-0.39, 0.29) is 18.2 Å². The maximum absolute atomic E-state index is 12.3. The molecule has 2 aromatic carbocycles. The number of rotatable bonds is 8. The normalized spacial score (nSPS) is 10.2. The first-order valence-electron chi connectivity index (χ1n) is 8.44. The average Bonchev–Trinajstić information content (AvgIpc) is 2.66. The zero-order chi connectivity index (χ0) is 19.8. The van der Waals surface area contributed by atoms with Crippen molar-refractivity contribution >= 4 is 29.1 Å². The highest BCUT2D eigenvalue weighted by molar-refractivity contribution is 6.30. The van der Waals surface area contributed by atoms with Gasteiger partial charge in [-0.2, -0.15) is 0 Å². The lowest BCUT2D eigenvalue weighted by Gasteiger charge is -2.21. The molecule has 0 fully saturated rings. The quantitative estimate of drug-likeness (QED) is 0.745. The van der Waals surface area contributed by atoms with Crippen LogP contribution >= 0.6 is 11.6 Å². The molecule has 144 valence electrons. The van der Waals surface area contributed by atoms with E-state index in [2.05, 4.69) is 5.32 Å². The lowest BCUT2D eigenvalue weighted by molar-refractivity contribution is -0.129. The largest absolute Gasteiger partial charge is 0.493 e. The Hall–Kier alpha value is -2.73. The number of benzene rings is 2. The van der Waals surface area contributed by atoms with E-state index in [4.69, 9.17) is 21.1 Å². The van der Waals surface area contributed by atoms with E-state index in [9.17, 15) is 9.59 Å². The van der Waals surface area contributed by atoms with Gasteiger partial charge in [0.1, 0.15) is 0 Å². The first-order chi connectivity index (χ1) is 12.9. The minimum absolute atomic E-state index is 0.0936. The molecule has 0 radical (unpaired) electrons. The number of hydrogen-bond donors (Lipinski definition) is 1. The van der Waals surface area contributed by atoms with Gasteiger partial charge < -0.3 is 19.7 Å². The SMILES string of the molecule is COc1ccc(NC(=O)CCN(Cc2ccc(Cl)cc2)C(C)=O)cc1OC. The van der Waals surface area contributed by atoms with Gasteiger partial charge in [0, 0.05) is 43.2 Å². The number of amides is 2. The molecule has 0 heterocycles. The van der Waals surface area contributed by atoms with Gasteiger partial charge in [-0.05, 0) is 29.8 Å². The van der Waals surface area contributed by atoms with Gasteiger partial charge in [0.2, 0.25) is 11.8 Å². The van der Waals surface area contributed by atoms with Crippen LogP contribution in [0.4, 0.5) is 5.69 Å². The van der Waals surface area contributed by atoms with Gasteiger partial charge in [-0.25, -0.2) is 0 Å². The first-order valence-corrected chi connectivity index (χ1v) is 8.82. The van der Waals surface area contributed by atoms with Gasteiger partial charge in [-0.3, -0.25) is 9.59 Å². The van der Waals surface area contributed by atoms with E-state index in [0.717, 1.165) is 5.56 Å². The summed E-state index contributed by atoms with van der Waals surface area (Å²) in [4.78, 5) is 25.8. The molecule has 0 aliphatic heterocycles. The molecule has 0 spiro atoms. The Morgan fingerprint density at radius 2 is 1.70 bits per heavy atom. The number of nitrogens with zero attached hydrogens (tertiary/aromatic N) is 1. The van der Waals surface area contributed by atoms with Crippen LogP contribution in [0.2, 0.25) is 5.02 Å². The predicted octanol–water partition coefficient (Wildman–Crippen LogP) is 3.73. The van der Waals surface area contributed by atoms with E-state index in [0.29, 0.717) is 35.3 Å². The summed E-state index contributed by atoms with van der Waals surface area (Å²) >= 11 is 5.88. The van der Waals surface area contributed by atoms with Crippen LogP contribution in [0.3, 0.4) is 0 Å². The molecule has 0 saturated heterocycles. The number of carbonyl (C=O) groups is 2. The molecule has 0 saturated carbocycles. The predicted molar refractivity (Wildman–Crippen MR) is 105 cm³/mol. The molecule has 2 aromatic rings. The van der Waals surface area contributed by atoms with Crippen molar-refractivity contribution < 1.29 is 19.1 Å². The average molecular weight is 391 g/mol. The molecule has 0 unspecified atom stereocenters. The van der Waals surface area contributed by atoms with Crippen LogP contribution < -0.4 is 14.8 Å². The Morgan fingerprint density at radius 3 is 2.30 bits per heavy atom. The fourth-order valence-electron chi connectivity index (χ4n) is 2.53. The molecule has 7 heteroatoms. The molecule has 0 aromatic heterocycles. The van der Waals surface area contributed by atoms with Gasteiger partial charge in [0.15, 0.2) is 11.5 Å². The minimum atomic E-state index is -0.190. The fourth-order valence-corrected chi connectivity index (χ4v) is 2.66. The molecule has 2 amide bonds. The maximum atomic E-state index is 12.3. The van der Waals surface area contributed by atoms with E-state index >= 15 is 0 Å². The van der Waals surface area contributed by atoms with Crippen molar-refractivity contribution in [3.05, 3.63) is 53.1 Å². The summed E-state index contributed by atoms with van der Waals surface area (Å²) in [5, 5.41) is 3.44. The Balaban J connectivity index is 1.93.